The van der Waals surface area contributed by atoms with E-state index in [1.54, 1.807) is 12.3 Å². The Balaban J connectivity index is 1.55. The Morgan fingerprint density at radius 3 is 2.60 bits per heavy atom. The molecule has 4 rings (SSSR count). The number of piperazine rings is 1. The van der Waals surface area contributed by atoms with E-state index >= 15 is 0 Å². The van der Waals surface area contributed by atoms with Crippen molar-refractivity contribution in [1.82, 2.24) is 29.7 Å². The van der Waals surface area contributed by atoms with Gasteiger partial charge < -0.3 is 14.4 Å². The predicted molar refractivity (Wildman–Crippen MR) is 90.4 cm³/mol. The van der Waals surface area contributed by atoms with Crippen LogP contribution >= 0.6 is 0 Å². The van der Waals surface area contributed by atoms with E-state index in [2.05, 4.69) is 25.2 Å². The molecule has 0 aliphatic carbocycles. The zero-order valence-electron chi connectivity index (χ0n) is 14.4. The van der Waals surface area contributed by atoms with E-state index in [0.29, 0.717) is 37.3 Å². The van der Waals surface area contributed by atoms with Crippen molar-refractivity contribution in [3.63, 3.8) is 0 Å². The number of nitrogens with zero attached hydrogens (tertiary/aromatic N) is 7. The normalized spacial score (nSPS) is 15.2. The largest absolute Gasteiger partial charge is 0.349 e. The molecule has 0 saturated carbocycles. The minimum atomic E-state index is -0.0138. The number of imidazole rings is 1. The van der Waals surface area contributed by atoms with Gasteiger partial charge >= 0.3 is 0 Å². The molecule has 1 amide bonds. The average Bonchev–Trinajstić information content (AvgIpc) is 3.18. The Bertz CT molecular complexity index is 937. The number of hydrogen-bond acceptors (Lipinski definition) is 7. The summed E-state index contributed by atoms with van der Waals surface area (Å²) in [7, 11) is 1.90. The van der Waals surface area contributed by atoms with Crippen molar-refractivity contribution in [2.45, 2.75) is 13.8 Å². The molecule has 0 N–H and O–H groups in total. The van der Waals surface area contributed by atoms with Gasteiger partial charge in [-0.2, -0.15) is 0 Å². The van der Waals surface area contributed by atoms with Crippen molar-refractivity contribution in [2.75, 3.05) is 31.1 Å². The minimum absolute atomic E-state index is 0.0138. The first-order valence-electron chi connectivity index (χ1n) is 8.17. The second-order valence-electron chi connectivity index (χ2n) is 6.20. The number of carbonyl (C=O) groups excluding carboxylic acids is 1. The van der Waals surface area contributed by atoms with E-state index in [-0.39, 0.29) is 5.91 Å². The summed E-state index contributed by atoms with van der Waals surface area (Å²) in [6.45, 7) is 6.37. The molecule has 130 valence electrons. The highest BCUT2D eigenvalue weighted by atomic mass is 16.6. The third kappa shape index (κ3) is 2.51. The number of pyridine rings is 1. The summed E-state index contributed by atoms with van der Waals surface area (Å²) in [5.41, 5.74) is 2.75. The Hall–Kier alpha value is -2.97. The third-order valence-electron chi connectivity index (χ3n) is 4.71. The van der Waals surface area contributed by atoms with Gasteiger partial charge in [0.15, 0.2) is 11.5 Å². The predicted octanol–water partition coefficient (Wildman–Crippen LogP) is 0.931. The third-order valence-corrected chi connectivity index (χ3v) is 4.71. The molecule has 4 heterocycles. The minimum Gasteiger partial charge on any atom is -0.349 e. The van der Waals surface area contributed by atoms with Crippen molar-refractivity contribution in [2.24, 2.45) is 7.05 Å². The number of carbonyl (C=O) groups is 1. The van der Waals surface area contributed by atoms with E-state index in [4.69, 9.17) is 4.63 Å². The van der Waals surface area contributed by atoms with Crippen LogP contribution in [-0.4, -0.2) is 61.8 Å². The number of fused-ring (bicyclic) bond motifs is 1. The molecule has 0 unspecified atom stereocenters. The van der Waals surface area contributed by atoms with E-state index in [1.807, 2.05) is 30.4 Å². The van der Waals surface area contributed by atoms with Crippen LogP contribution in [0.4, 0.5) is 5.82 Å². The highest BCUT2D eigenvalue weighted by molar-refractivity contribution is 6.04. The smallest absolute Gasteiger partial charge is 0.256 e. The van der Waals surface area contributed by atoms with Gasteiger partial charge in [0.2, 0.25) is 0 Å². The fourth-order valence-electron chi connectivity index (χ4n) is 3.17. The summed E-state index contributed by atoms with van der Waals surface area (Å²) < 4.78 is 6.66. The molecule has 1 saturated heterocycles. The van der Waals surface area contributed by atoms with Gasteiger partial charge in [-0.05, 0) is 25.1 Å². The van der Waals surface area contributed by atoms with Crippen molar-refractivity contribution in [3.8, 4) is 0 Å². The van der Waals surface area contributed by atoms with Gasteiger partial charge in [-0.25, -0.2) is 14.6 Å². The number of hydrogen-bond donors (Lipinski definition) is 0. The second-order valence-corrected chi connectivity index (χ2v) is 6.20. The summed E-state index contributed by atoms with van der Waals surface area (Å²) >= 11 is 0. The highest BCUT2D eigenvalue weighted by Gasteiger charge is 2.26. The summed E-state index contributed by atoms with van der Waals surface area (Å²) in [4.78, 5) is 25.8. The van der Waals surface area contributed by atoms with E-state index in [1.165, 1.54) is 0 Å². The van der Waals surface area contributed by atoms with Crippen molar-refractivity contribution in [3.05, 3.63) is 29.3 Å². The molecule has 25 heavy (non-hydrogen) atoms. The van der Waals surface area contributed by atoms with Gasteiger partial charge in [0.05, 0.1) is 5.56 Å². The van der Waals surface area contributed by atoms with Gasteiger partial charge in [-0.1, -0.05) is 5.16 Å². The molecule has 9 heteroatoms. The standard InChI is InChI=1S/C16H19N7O2/c1-10-14(20-25-19-10)22-6-8-23(9-7-22)16(24)12-4-5-17-15-13(12)18-11(2)21(15)3/h4-5H,6-9H2,1-3H3. The molecule has 0 bridgehead atoms. The van der Waals surface area contributed by atoms with Crippen LogP contribution in [0.5, 0.6) is 0 Å². The van der Waals surface area contributed by atoms with E-state index < -0.39 is 0 Å². The van der Waals surface area contributed by atoms with Crippen LogP contribution in [-0.2, 0) is 7.05 Å². The Kier molecular flexibility index (Phi) is 3.63. The number of aryl methyl sites for hydroxylation is 3. The molecule has 0 aromatic carbocycles. The van der Waals surface area contributed by atoms with E-state index in [0.717, 1.165) is 23.0 Å². The summed E-state index contributed by atoms with van der Waals surface area (Å²) in [6, 6.07) is 1.75. The zero-order valence-corrected chi connectivity index (χ0v) is 14.4. The van der Waals surface area contributed by atoms with Crippen molar-refractivity contribution < 1.29 is 9.42 Å². The number of rotatable bonds is 2. The first-order chi connectivity index (χ1) is 12.1. The quantitative estimate of drug-likeness (QED) is 0.684. The molecule has 0 radical (unpaired) electrons. The topological polar surface area (TPSA) is 93.2 Å². The van der Waals surface area contributed by atoms with Crippen LogP contribution in [0.15, 0.2) is 16.9 Å². The SMILES string of the molecule is Cc1nonc1N1CCN(C(=O)c2ccnc3c2nc(C)n3C)CC1. The Morgan fingerprint density at radius 1 is 1.16 bits per heavy atom. The fourth-order valence-corrected chi connectivity index (χ4v) is 3.17. The molecule has 1 aliphatic rings. The first-order valence-corrected chi connectivity index (χ1v) is 8.17. The van der Waals surface area contributed by atoms with Gasteiger partial charge in [0, 0.05) is 39.4 Å². The van der Waals surface area contributed by atoms with Gasteiger partial charge in [0.25, 0.3) is 5.91 Å². The maximum atomic E-state index is 13.0. The first kappa shape index (κ1) is 15.6. The maximum Gasteiger partial charge on any atom is 0.256 e. The molecule has 0 atom stereocenters. The monoisotopic (exact) mass is 341 g/mol. The molecule has 0 spiro atoms. The Labute approximate surface area is 144 Å². The molecular formula is C16H19N7O2. The molecule has 1 aliphatic heterocycles. The van der Waals surface area contributed by atoms with Crippen molar-refractivity contribution in [1.29, 1.82) is 0 Å². The van der Waals surface area contributed by atoms with Crippen LogP contribution in [0, 0.1) is 13.8 Å². The lowest BCUT2D eigenvalue weighted by molar-refractivity contribution is 0.0748. The molecule has 3 aromatic rings. The van der Waals surface area contributed by atoms with Crippen molar-refractivity contribution >= 4 is 22.9 Å². The summed E-state index contributed by atoms with van der Waals surface area (Å²) in [5, 5.41) is 7.75. The van der Waals surface area contributed by atoms with Gasteiger partial charge in [0.1, 0.15) is 17.0 Å². The van der Waals surface area contributed by atoms with Crippen LogP contribution in [0.25, 0.3) is 11.2 Å². The van der Waals surface area contributed by atoms with Crippen LogP contribution in [0.2, 0.25) is 0 Å². The van der Waals surface area contributed by atoms with Crippen LogP contribution in [0.1, 0.15) is 21.9 Å². The lowest BCUT2D eigenvalue weighted by Gasteiger charge is -2.34. The average molecular weight is 341 g/mol. The van der Waals surface area contributed by atoms with Crippen LogP contribution < -0.4 is 4.90 Å². The maximum absolute atomic E-state index is 13.0. The molecule has 1 fully saturated rings. The lowest BCUT2D eigenvalue weighted by Crippen LogP contribution is -2.49. The summed E-state index contributed by atoms with van der Waals surface area (Å²) in [6.07, 6.45) is 1.66. The molecular weight excluding hydrogens is 322 g/mol. The number of anilines is 1. The lowest BCUT2D eigenvalue weighted by atomic mass is 10.2. The van der Waals surface area contributed by atoms with Crippen LogP contribution in [0.3, 0.4) is 0 Å². The highest BCUT2D eigenvalue weighted by Crippen LogP contribution is 2.21. The summed E-state index contributed by atoms with van der Waals surface area (Å²) in [5.74, 6) is 1.57. The fraction of sp³-hybridized carbons (Fsp3) is 0.438. The number of aromatic nitrogens is 5. The zero-order chi connectivity index (χ0) is 17.6. The number of amides is 1. The molecule has 9 nitrogen and oxygen atoms in total. The van der Waals surface area contributed by atoms with Gasteiger partial charge in [-0.3, -0.25) is 4.79 Å². The Morgan fingerprint density at radius 2 is 1.92 bits per heavy atom. The van der Waals surface area contributed by atoms with Gasteiger partial charge in [-0.15, -0.1) is 0 Å². The van der Waals surface area contributed by atoms with E-state index in [9.17, 15) is 4.79 Å². The second kappa shape index (κ2) is 5.83. The molecule has 3 aromatic heterocycles.